The first-order valence-corrected chi connectivity index (χ1v) is 7.51. The van der Waals surface area contributed by atoms with Gasteiger partial charge in [-0.1, -0.05) is 27.7 Å². The maximum Gasteiger partial charge on any atom is 0.227 e. The molecule has 0 aromatic rings. The summed E-state index contributed by atoms with van der Waals surface area (Å²) < 4.78 is 0. The summed E-state index contributed by atoms with van der Waals surface area (Å²) in [7, 11) is 0. The number of nitrogens with zero attached hydrogens (tertiary/aromatic N) is 1. The fourth-order valence-electron chi connectivity index (χ4n) is 2.88. The molecule has 3 atom stereocenters. The molecule has 0 aromatic carbocycles. The van der Waals surface area contributed by atoms with Gasteiger partial charge in [-0.3, -0.25) is 4.79 Å². The molecule has 0 aliphatic carbocycles. The normalized spacial score (nSPS) is 35.0. The molecule has 0 N–H and O–H groups in total. The first-order valence-electron chi connectivity index (χ1n) is 6.46. The average Bonchev–Trinajstić information content (AvgIpc) is 2.61. The summed E-state index contributed by atoms with van der Waals surface area (Å²) in [5.41, 5.74) is 0. The molecule has 3 heteroatoms. The maximum atomic E-state index is 12.5. The lowest BCUT2D eigenvalue weighted by molar-refractivity contribution is -0.139. The third-order valence-electron chi connectivity index (χ3n) is 3.99. The fourth-order valence-corrected chi connectivity index (χ4v) is 4.56. The molecule has 2 heterocycles. The van der Waals surface area contributed by atoms with Crippen LogP contribution in [0.5, 0.6) is 0 Å². The van der Waals surface area contributed by atoms with Crippen molar-refractivity contribution in [2.75, 3.05) is 5.75 Å². The van der Waals surface area contributed by atoms with E-state index in [-0.39, 0.29) is 5.92 Å². The molecule has 2 aliphatic rings. The molecule has 2 aliphatic heterocycles. The molecule has 16 heavy (non-hydrogen) atoms. The molecule has 0 unspecified atom stereocenters. The highest BCUT2D eigenvalue weighted by atomic mass is 32.2. The van der Waals surface area contributed by atoms with Gasteiger partial charge < -0.3 is 4.90 Å². The highest BCUT2D eigenvalue weighted by molar-refractivity contribution is 8.00. The second-order valence-corrected chi connectivity index (χ2v) is 6.98. The lowest BCUT2D eigenvalue weighted by Crippen LogP contribution is -2.50. The zero-order valence-electron chi connectivity index (χ0n) is 10.8. The van der Waals surface area contributed by atoms with Crippen LogP contribution in [0.3, 0.4) is 0 Å². The summed E-state index contributed by atoms with van der Waals surface area (Å²) in [6.07, 6.45) is 2.40. The molecule has 2 saturated heterocycles. The van der Waals surface area contributed by atoms with Gasteiger partial charge in [-0.2, -0.15) is 0 Å². The van der Waals surface area contributed by atoms with Crippen LogP contribution >= 0.6 is 11.8 Å². The van der Waals surface area contributed by atoms with Crippen molar-refractivity contribution in [3.63, 3.8) is 0 Å². The van der Waals surface area contributed by atoms with Crippen molar-refractivity contribution in [1.82, 2.24) is 4.90 Å². The molecule has 0 bridgehead atoms. The minimum Gasteiger partial charge on any atom is -0.327 e. The van der Waals surface area contributed by atoms with Crippen LogP contribution in [0, 0.1) is 17.8 Å². The largest absolute Gasteiger partial charge is 0.327 e. The van der Waals surface area contributed by atoms with Gasteiger partial charge in [-0.05, 0) is 24.7 Å². The number of carbonyl (C=O) groups is 1. The van der Waals surface area contributed by atoms with Crippen molar-refractivity contribution < 1.29 is 4.79 Å². The van der Waals surface area contributed by atoms with E-state index >= 15 is 0 Å². The van der Waals surface area contributed by atoms with Crippen LogP contribution < -0.4 is 0 Å². The Morgan fingerprint density at radius 3 is 2.44 bits per heavy atom. The maximum absolute atomic E-state index is 12.5. The van der Waals surface area contributed by atoms with E-state index in [1.807, 2.05) is 11.8 Å². The van der Waals surface area contributed by atoms with E-state index in [4.69, 9.17) is 0 Å². The Morgan fingerprint density at radius 2 is 1.88 bits per heavy atom. The summed E-state index contributed by atoms with van der Waals surface area (Å²) >= 11 is 2.00. The lowest BCUT2D eigenvalue weighted by Gasteiger charge is -2.40. The summed E-state index contributed by atoms with van der Waals surface area (Å²) in [6, 6.07) is 0.492. The van der Waals surface area contributed by atoms with Crippen LogP contribution in [0.1, 0.15) is 40.5 Å². The minimum absolute atomic E-state index is 0.251. The van der Waals surface area contributed by atoms with Crippen LogP contribution in [0.4, 0.5) is 0 Å². The van der Waals surface area contributed by atoms with E-state index in [0.29, 0.717) is 29.2 Å². The summed E-state index contributed by atoms with van der Waals surface area (Å²) in [5, 5.41) is 0.481. The van der Waals surface area contributed by atoms with Gasteiger partial charge in [-0.15, -0.1) is 11.8 Å². The topological polar surface area (TPSA) is 20.3 Å². The molecule has 92 valence electrons. The number of carbonyl (C=O) groups excluding carboxylic acids is 1. The standard InChI is InChI=1S/C13H23NOS/c1-8(2)10-7-16-12-6-5-11(9(3)4)14(12)13(10)15/h8-12H,5-7H2,1-4H3/t10-,11+,12+/m1/s1. The third-order valence-corrected chi connectivity index (χ3v) is 5.39. The van der Waals surface area contributed by atoms with Crippen molar-refractivity contribution in [2.45, 2.75) is 52.0 Å². The van der Waals surface area contributed by atoms with Crippen LogP contribution in [-0.4, -0.2) is 28.0 Å². The Kier molecular flexibility index (Phi) is 3.53. The predicted molar refractivity (Wildman–Crippen MR) is 69.3 cm³/mol. The highest BCUT2D eigenvalue weighted by Crippen LogP contribution is 2.41. The van der Waals surface area contributed by atoms with E-state index in [1.165, 1.54) is 12.8 Å². The monoisotopic (exact) mass is 241 g/mol. The second kappa shape index (κ2) is 4.59. The molecule has 2 rings (SSSR count). The van der Waals surface area contributed by atoms with E-state index in [2.05, 4.69) is 32.6 Å². The van der Waals surface area contributed by atoms with Crippen LogP contribution in [-0.2, 0) is 4.79 Å². The zero-order chi connectivity index (χ0) is 11.9. The van der Waals surface area contributed by atoms with Crippen LogP contribution in [0.15, 0.2) is 0 Å². The lowest BCUT2D eigenvalue weighted by atomic mass is 9.94. The Hall–Kier alpha value is -0.180. The predicted octanol–water partition coefficient (Wildman–Crippen LogP) is 2.98. The summed E-state index contributed by atoms with van der Waals surface area (Å²) in [5.74, 6) is 2.79. The van der Waals surface area contributed by atoms with E-state index in [1.54, 1.807) is 0 Å². The van der Waals surface area contributed by atoms with Gasteiger partial charge >= 0.3 is 0 Å². The van der Waals surface area contributed by atoms with Gasteiger partial charge in [0.15, 0.2) is 0 Å². The Balaban J connectivity index is 2.16. The smallest absolute Gasteiger partial charge is 0.227 e. The van der Waals surface area contributed by atoms with Crippen molar-refractivity contribution in [3.05, 3.63) is 0 Å². The van der Waals surface area contributed by atoms with E-state index < -0.39 is 0 Å². The van der Waals surface area contributed by atoms with Gasteiger partial charge in [0.25, 0.3) is 0 Å². The third kappa shape index (κ3) is 1.99. The van der Waals surface area contributed by atoms with Crippen molar-refractivity contribution in [2.24, 2.45) is 17.8 Å². The minimum atomic E-state index is 0.251. The highest BCUT2D eigenvalue weighted by Gasteiger charge is 2.45. The van der Waals surface area contributed by atoms with Gasteiger partial charge in [0.05, 0.1) is 5.37 Å². The fraction of sp³-hybridized carbons (Fsp3) is 0.923. The molecular formula is C13H23NOS. The number of hydrogen-bond donors (Lipinski definition) is 0. The Labute approximate surface area is 103 Å². The molecule has 1 amide bonds. The quantitative estimate of drug-likeness (QED) is 0.741. The number of thioether (sulfide) groups is 1. The zero-order valence-corrected chi connectivity index (χ0v) is 11.6. The summed E-state index contributed by atoms with van der Waals surface area (Å²) in [6.45, 7) is 8.82. The number of fused-ring (bicyclic) bond motifs is 1. The number of hydrogen-bond acceptors (Lipinski definition) is 2. The molecule has 0 spiro atoms. The number of amides is 1. The van der Waals surface area contributed by atoms with Crippen molar-refractivity contribution in [3.8, 4) is 0 Å². The van der Waals surface area contributed by atoms with Crippen LogP contribution in [0.2, 0.25) is 0 Å². The first kappa shape index (κ1) is 12.3. The molecule has 0 aromatic heterocycles. The second-order valence-electron chi connectivity index (χ2n) is 5.77. The number of rotatable bonds is 2. The first-order chi connectivity index (χ1) is 7.52. The molecule has 0 saturated carbocycles. The molecule has 2 fully saturated rings. The molecule has 2 nitrogen and oxygen atoms in total. The Bertz CT molecular complexity index is 277. The molecule has 0 radical (unpaired) electrons. The van der Waals surface area contributed by atoms with Gasteiger partial charge in [-0.25, -0.2) is 0 Å². The van der Waals surface area contributed by atoms with E-state index in [0.717, 1.165) is 5.75 Å². The van der Waals surface area contributed by atoms with Crippen molar-refractivity contribution >= 4 is 17.7 Å². The van der Waals surface area contributed by atoms with Crippen LogP contribution in [0.25, 0.3) is 0 Å². The summed E-state index contributed by atoms with van der Waals surface area (Å²) in [4.78, 5) is 14.7. The van der Waals surface area contributed by atoms with E-state index in [9.17, 15) is 4.79 Å². The van der Waals surface area contributed by atoms with Gasteiger partial charge in [0.1, 0.15) is 0 Å². The molecular weight excluding hydrogens is 218 g/mol. The SMILES string of the molecule is CC(C)[C@H]1CS[C@H]2CC[C@@H](C(C)C)N2C1=O. The Morgan fingerprint density at radius 1 is 1.19 bits per heavy atom. The van der Waals surface area contributed by atoms with Gasteiger partial charge in [0.2, 0.25) is 5.91 Å². The van der Waals surface area contributed by atoms with Crippen molar-refractivity contribution in [1.29, 1.82) is 0 Å². The average molecular weight is 241 g/mol. The van der Waals surface area contributed by atoms with Gasteiger partial charge in [0, 0.05) is 17.7 Å².